The predicted octanol–water partition coefficient (Wildman–Crippen LogP) is 3.64. The van der Waals surface area contributed by atoms with Gasteiger partial charge in [-0.1, -0.05) is 28.1 Å². The Morgan fingerprint density at radius 2 is 1.92 bits per heavy atom. The first-order valence-corrected chi connectivity index (χ1v) is 9.05. The van der Waals surface area contributed by atoms with Crippen LogP contribution in [0.1, 0.15) is 49.4 Å². The number of rotatable bonds is 5. The van der Waals surface area contributed by atoms with Crippen molar-refractivity contribution in [2.45, 2.75) is 57.0 Å². The maximum atomic E-state index is 12.0. The topological polar surface area (TPSA) is 61.8 Å². The highest BCUT2D eigenvalue weighted by Crippen LogP contribution is 2.42. The molecular formula is C18H21BrO5. The lowest BCUT2D eigenvalue weighted by Gasteiger charge is -2.24. The summed E-state index contributed by atoms with van der Waals surface area (Å²) in [6, 6.07) is 6.96. The molecule has 0 unspecified atom stereocenters. The van der Waals surface area contributed by atoms with Gasteiger partial charge in [-0.25, -0.2) is 0 Å². The van der Waals surface area contributed by atoms with Gasteiger partial charge in [0.25, 0.3) is 0 Å². The van der Waals surface area contributed by atoms with E-state index in [2.05, 4.69) is 15.9 Å². The van der Waals surface area contributed by atoms with Crippen LogP contribution in [0.2, 0.25) is 0 Å². The van der Waals surface area contributed by atoms with E-state index in [0.29, 0.717) is 5.56 Å². The summed E-state index contributed by atoms with van der Waals surface area (Å²) < 4.78 is 17.8. The van der Waals surface area contributed by atoms with Gasteiger partial charge in [-0.2, -0.15) is 0 Å². The summed E-state index contributed by atoms with van der Waals surface area (Å²) in [7, 11) is 0. The highest BCUT2D eigenvalue weighted by atomic mass is 79.9. The van der Waals surface area contributed by atoms with Crippen molar-refractivity contribution in [1.29, 1.82) is 0 Å². The highest BCUT2D eigenvalue weighted by molar-refractivity contribution is 9.10. The van der Waals surface area contributed by atoms with Gasteiger partial charge in [-0.05, 0) is 31.9 Å². The summed E-state index contributed by atoms with van der Waals surface area (Å²) >= 11 is 3.31. The average molecular weight is 397 g/mol. The fourth-order valence-electron chi connectivity index (χ4n) is 3.23. The second-order valence-electron chi connectivity index (χ2n) is 6.45. The second kappa shape index (κ2) is 7.33. The zero-order chi connectivity index (χ0) is 17.2. The minimum Gasteiger partial charge on any atom is -0.457 e. The number of carbonyl (C=O) groups is 2. The molecule has 2 heterocycles. The number of carbonyl (C=O) groups excluding carboxylic acids is 2. The average Bonchev–Trinajstić information content (AvgIpc) is 3.11. The van der Waals surface area contributed by atoms with Crippen LogP contribution in [0.3, 0.4) is 0 Å². The number of hydrogen-bond acceptors (Lipinski definition) is 5. The molecule has 0 radical (unpaired) electrons. The lowest BCUT2D eigenvalue weighted by atomic mass is 10.1. The number of halogens is 1. The molecule has 0 bridgehead atoms. The van der Waals surface area contributed by atoms with E-state index >= 15 is 0 Å². The molecule has 6 heteroatoms. The van der Waals surface area contributed by atoms with E-state index in [-0.39, 0.29) is 31.0 Å². The molecule has 3 rings (SSSR count). The molecule has 0 aliphatic carbocycles. The van der Waals surface area contributed by atoms with E-state index in [1.807, 2.05) is 6.92 Å². The third kappa shape index (κ3) is 4.23. The van der Waals surface area contributed by atoms with Crippen molar-refractivity contribution in [2.24, 2.45) is 0 Å². The van der Waals surface area contributed by atoms with E-state index < -0.39 is 11.8 Å². The molecule has 1 spiro atoms. The van der Waals surface area contributed by atoms with Crippen molar-refractivity contribution >= 4 is 27.7 Å². The monoisotopic (exact) mass is 396 g/mol. The van der Waals surface area contributed by atoms with Crippen molar-refractivity contribution < 1.29 is 23.8 Å². The van der Waals surface area contributed by atoms with Gasteiger partial charge in [0.2, 0.25) is 0 Å². The number of Topliss-reactive ketones (excluding diaryl/α,β-unsaturated/α-hetero) is 1. The quantitative estimate of drug-likeness (QED) is 0.561. The maximum Gasteiger partial charge on any atom is 0.308 e. The second-order valence-corrected chi connectivity index (χ2v) is 7.37. The predicted molar refractivity (Wildman–Crippen MR) is 90.7 cm³/mol. The highest BCUT2D eigenvalue weighted by Gasteiger charge is 2.46. The fraction of sp³-hybridized carbons (Fsp3) is 0.556. The summed E-state index contributed by atoms with van der Waals surface area (Å²) in [6.07, 6.45) is 3.63. The van der Waals surface area contributed by atoms with Crippen molar-refractivity contribution in [2.75, 3.05) is 6.61 Å². The molecule has 2 fully saturated rings. The standard InChI is InChI=1S/C18H21BrO5/c1-12-6-8-18(23-12)9-7-15(24-18)10-17(21)22-11-16(20)13-2-4-14(19)5-3-13/h2-5,12,15H,6-11H2,1H3/t12-,15+,18-/m1/s1. The van der Waals surface area contributed by atoms with Gasteiger partial charge in [0.1, 0.15) is 0 Å². The summed E-state index contributed by atoms with van der Waals surface area (Å²) in [4.78, 5) is 23.9. The largest absolute Gasteiger partial charge is 0.457 e. The molecule has 2 aliphatic rings. The van der Waals surface area contributed by atoms with Gasteiger partial charge in [-0.15, -0.1) is 0 Å². The number of ketones is 1. The molecule has 0 N–H and O–H groups in total. The van der Waals surface area contributed by atoms with Crippen LogP contribution in [-0.4, -0.2) is 36.4 Å². The molecule has 0 amide bonds. The Kier molecular flexibility index (Phi) is 5.37. The van der Waals surface area contributed by atoms with Gasteiger partial charge in [0, 0.05) is 22.9 Å². The van der Waals surface area contributed by atoms with Crippen LogP contribution in [0, 0.1) is 0 Å². The Balaban J connectivity index is 1.43. The maximum absolute atomic E-state index is 12.0. The first-order valence-electron chi connectivity index (χ1n) is 8.26. The van der Waals surface area contributed by atoms with Crippen LogP contribution in [0.4, 0.5) is 0 Å². The van der Waals surface area contributed by atoms with Crippen LogP contribution in [0.5, 0.6) is 0 Å². The molecule has 2 saturated heterocycles. The third-order valence-electron chi connectivity index (χ3n) is 4.50. The smallest absolute Gasteiger partial charge is 0.308 e. The minimum absolute atomic E-state index is 0.160. The van der Waals surface area contributed by atoms with Crippen LogP contribution in [-0.2, 0) is 19.0 Å². The Hall–Kier alpha value is -1.24. The van der Waals surface area contributed by atoms with Crippen molar-refractivity contribution in [1.82, 2.24) is 0 Å². The van der Waals surface area contributed by atoms with Crippen LogP contribution >= 0.6 is 15.9 Å². The molecule has 0 saturated carbocycles. The molecule has 1 aromatic rings. The zero-order valence-corrected chi connectivity index (χ0v) is 15.2. The molecule has 2 aliphatic heterocycles. The molecule has 0 aromatic heterocycles. The van der Waals surface area contributed by atoms with E-state index in [4.69, 9.17) is 14.2 Å². The zero-order valence-electron chi connectivity index (χ0n) is 13.6. The Morgan fingerprint density at radius 3 is 2.58 bits per heavy atom. The first-order chi connectivity index (χ1) is 11.5. The Bertz CT molecular complexity index is 614. The number of ether oxygens (including phenoxy) is 3. The number of benzene rings is 1. The van der Waals surface area contributed by atoms with Gasteiger partial charge in [0.05, 0.1) is 18.6 Å². The fourth-order valence-corrected chi connectivity index (χ4v) is 3.50. The van der Waals surface area contributed by atoms with Gasteiger partial charge in [-0.3, -0.25) is 9.59 Å². The summed E-state index contributed by atoms with van der Waals surface area (Å²) in [5.41, 5.74) is 0.524. The van der Waals surface area contributed by atoms with Crippen molar-refractivity contribution in [3.05, 3.63) is 34.3 Å². The van der Waals surface area contributed by atoms with Crippen LogP contribution in [0.15, 0.2) is 28.7 Å². The molecule has 5 nitrogen and oxygen atoms in total. The van der Waals surface area contributed by atoms with Crippen molar-refractivity contribution in [3.63, 3.8) is 0 Å². The van der Waals surface area contributed by atoms with E-state index in [1.165, 1.54) is 0 Å². The molecule has 3 atom stereocenters. The molecule has 24 heavy (non-hydrogen) atoms. The summed E-state index contributed by atoms with van der Waals surface area (Å²) in [5, 5.41) is 0. The van der Waals surface area contributed by atoms with Crippen molar-refractivity contribution in [3.8, 4) is 0 Å². The Morgan fingerprint density at radius 1 is 1.21 bits per heavy atom. The number of hydrogen-bond donors (Lipinski definition) is 0. The SMILES string of the molecule is C[C@@H]1CC[C@@]2(CC[C@@H](CC(=O)OCC(=O)c3ccc(Br)cc3)O2)O1. The lowest BCUT2D eigenvalue weighted by molar-refractivity contribution is -0.215. The molecular weight excluding hydrogens is 376 g/mol. The third-order valence-corrected chi connectivity index (χ3v) is 5.03. The molecule has 1 aromatic carbocycles. The lowest BCUT2D eigenvalue weighted by Crippen LogP contribution is -2.29. The van der Waals surface area contributed by atoms with E-state index in [9.17, 15) is 9.59 Å². The van der Waals surface area contributed by atoms with Crippen LogP contribution in [0.25, 0.3) is 0 Å². The summed E-state index contributed by atoms with van der Waals surface area (Å²) in [5.74, 6) is -1.13. The van der Waals surface area contributed by atoms with Gasteiger partial charge in [0.15, 0.2) is 18.2 Å². The van der Waals surface area contributed by atoms with Crippen LogP contribution < -0.4 is 0 Å². The normalized spacial score (nSPS) is 29.1. The Labute approximate surface area is 149 Å². The minimum atomic E-state index is -0.502. The summed E-state index contributed by atoms with van der Waals surface area (Å²) in [6.45, 7) is 1.79. The number of esters is 1. The van der Waals surface area contributed by atoms with E-state index in [0.717, 1.165) is 30.2 Å². The first kappa shape index (κ1) is 17.6. The molecule has 130 valence electrons. The van der Waals surface area contributed by atoms with Gasteiger partial charge >= 0.3 is 5.97 Å². The van der Waals surface area contributed by atoms with Gasteiger partial charge < -0.3 is 14.2 Å². The van der Waals surface area contributed by atoms with E-state index in [1.54, 1.807) is 24.3 Å².